The molecule has 0 radical (unpaired) electrons. The average molecular weight is 521 g/mol. The Morgan fingerprint density at radius 2 is 1.65 bits per heavy atom. The van der Waals surface area contributed by atoms with Gasteiger partial charge in [-0.1, -0.05) is 61.9 Å². The Morgan fingerprint density at radius 3 is 2.27 bits per heavy atom. The van der Waals surface area contributed by atoms with Crippen LogP contribution in [0.3, 0.4) is 0 Å². The summed E-state index contributed by atoms with van der Waals surface area (Å²) < 4.78 is 42.7. The van der Waals surface area contributed by atoms with Gasteiger partial charge in [0.25, 0.3) is 0 Å². The quantitative estimate of drug-likeness (QED) is 0.326. The highest BCUT2D eigenvalue weighted by Crippen LogP contribution is 2.25. The van der Waals surface area contributed by atoms with Crippen molar-refractivity contribution in [2.45, 2.75) is 25.7 Å². The third kappa shape index (κ3) is 6.31. The summed E-state index contributed by atoms with van der Waals surface area (Å²) in [5, 5.41) is 7.55. The van der Waals surface area contributed by atoms with Crippen LogP contribution in [0, 0.1) is 18.7 Å². The fraction of sp³-hybridized carbons (Fsp3) is 0.214. The predicted octanol–water partition coefficient (Wildman–Crippen LogP) is 5.27. The van der Waals surface area contributed by atoms with Gasteiger partial charge >= 0.3 is 0 Å². The fourth-order valence-corrected chi connectivity index (χ4v) is 5.42. The first-order valence-corrected chi connectivity index (χ1v) is 13.4. The smallest absolute Gasteiger partial charge is 0.243 e. The Morgan fingerprint density at radius 1 is 1.00 bits per heavy atom. The molecule has 0 saturated heterocycles. The molecule has 192 valence electrons. The monoisotopic (exact) mass is 520 g/mol. The van der Waals surface area contributed by atoms with Gasteiger partial charge < -0.3 is 5.32 Å². The number of nitrogens with one attached hydrogen (secondary N) is 1. The van der Waals surface area contributed by atoms with Crippen molar-refractivity contribution in [3.63, 3.8) is 0 Å². The van der Waals surface area contributed by atoms with E-state index in [0.29, 0.717) is 11.5 Å². The fourth-order valence-electron chi connectivity index (χ4n) is 3.86. The molecule has 1 amide bonds. The molecule has 1 N–H and O–H groups in total. The Labute approximate surface area is 216 Å². The van der Waals surface area contributed by atoms with Crippen LogP contribution in [0.15, 0.2) is 89.8 Å². The Hall–Kier alpha value is -3.82. The molecule has 0 fully saturated rings. The zero-order valence-corrected chi connectivity index (χ0v) is 21.7. The number of aromatic nitrogens is 2. The molecule has 1 aromatic heterocycles. The van der Waals surface area contributed by atoms with E-state index in [-0.39, 0.29) is 17.4 Å². The number of carbonyl (C=O) groups excluding carboxylic acids is 1. The molecule has 37 heavy (non-hydrogen) atoms. The number of rotatable bonds is 9. The predicted molar refractivity (Wildman–Crippen MR) is 142 cm³/mol. The van der Waals surface area contributed by atoms with Crippen LogP contribution in [0.5, 0.6) is 0 Å². The number of amides is 1. The number of aryl methyl sites for hydroxylation is 1. The summed E-state index contributed by atoms with van der Waals surface area (Å²) in [7, 11) is -4.02. The van der Waals surface area contributed by atoms with Crippen molar-refractivity contribution in [1.82, 2.24) is 14.1 Å². The van der Waals surface area contributed by atoms with Gasteiger partial charge in [0.1, 0.15) is 11.6 Å². The summed E-state index contributed by atoms with van der Waals surface area (Å²) >= 11 is 0. The van der Waals surface area contributed by atoms with Gasteiger partial charge in [-0.2, -0.15) is 9.40 Å². The number of anilines is 1. The lowest BCUT2D eigenvalue weighted by molar-refractivity contribution is -0.116. The second-order valence-corrected chi connectivity index (χ2v) is 11.2. The molecular weight excluding hydrogens is 491 g/mol. The maximum atomic E-state index is 13.4. The first-order valence-electron chi connectivity index (χ1n) is 11.9. The van der Waals surface area contributed by atoms with Crippen LogP contribution in [0.25, 0.3) is 16.9 Å². The maximum Gasteiger partial charge on any atom is 0.243 e. The molecule has 9 heteroatoms. The summed E-state index contributed by atoms with van der Waals surface area (Å²) in [6.45, 7) is 5.43. The van der Waals surface area contributed by atoms with Crippen LogP contribution in [-0.4, -0.2) is 41.5 Å². The summed E-state index contributed by atoms with van der Waals surface area (Å²) in [5.74, 6) is -0.674. The average Bonchev–Trinajstić information content (AvgIpc) is 3.28. The highest BCUT2D eigenvalue weighted by atomic mass is 32.2. The van der Waals surface area contributed by atoms with Crippen molar-refractivity contribution in [2.24, 2.45) is 5.92 Å². The first kappa shape index (κ1) is 26.2. The second kappa shape index (κ2) is 11.1. The Balaban J connectivity index is 1.64. The van der Waals surface area contributed by atoms with E-state index in [9.17, 15) is 17.6 Å². The number of hydrogen-bond donors (Lipinski definition) is 1. The number of benzene rings is 3. The van der Waals surface area contributed by atoms with Gasteiger partial charge in [-0.05, 0) is 49.2 Å². The number of nitrogens with zero attached hydrogens (tertiary/aromatic N) is 3. The molecule has 0 saturated carbocycles. The highest BCUT2D eigenvalue weighted by molar-refractivity contribution is 7.89. The van der Waals surface area contributed by atoms with Gasteiger partial charge in [-0.15, -0.1) is 0 Å². The molecule has 4 rings (SSSR count). The van der Waals surface area contributed by atoms with Gasteiger partial charge in [0.05, 0.1) is 22.8 Å². The normalized spacial score (nSPS) is 11.7. The third-order valence-corrected chi connectivity index (χ3v) is 7.49. The van der Waals surface area contributed by atoms with E-state index in [1.54, 1.807) is 10.7 Å². The number of hydrogen-bond acceptors (Lipinski definition) is 4. The molecule has 0 atom stereocenters. The van der Waals surface area contributed by atoms with E-state index in [4.69, 9.17) is 5.10 Å². The van der Waals surface area contributed by atoms with Gasteiger partial charge in [0, 0.05) is 18.2 Å². The molecular formula is C28H29FN4O3S. The van der Waals surface area contributed by atoms with Crippen molar-refractivity contribution in [3.05, 3.63) is 96.3 Å². The largest absolute Gasteiger partial charge is 0.309 e. The number of halogens is 1. The van der Waals surface area contributed by atoms with Crippen molar-refractivity contribution >= 4 is 21.7 Å². The standard InChI is InChI=1S/C28H29FN4O3S/c1-20(2)18-32(37(35,36)25-15-11-23(29)12-16-25)19-28(34)30-27-17-26(22-7-5-4-6-8-22)31-33(27)24-13-9-21(3)10-14-24/h4-17,20H,18-19H2,1-3H3,(H,30,34). The molecule has 0 unspecified atom stereocenters. The minimum absolute atomic E-state index is 0.0363. The second-order valence-electron chi connectivity index (χ2n) is 9.22. The molecule has 0 aliphatic rings. The van der Waals surface area contributed by atoms with Gasteiger partial charge in [0.15, 0.2) is 0 Å². The lowest BCUT2D eigenvalue weighted by Crippen LogP contribution is -2.40. The van der Waals surface area contributed by atoms with Crippen LogP contribution >= 0.6 is 0 Å². The van der Waals surface area contributed by atoms with Crippen molar-refractivity contribution in [3.8, 4) is 16.9 Å². The molecule has 7 nitrogen and oxygen atoms in total. The van der Waals surface area contributed by atoms with E-state index in [0.717, 1.165) is 33.3 Å². The van der Waals surface area contributed by atoms with Crippen LogP contribution in [0.2, 0.25) is 0 Å². The molecule has 1 heterocycles. The van der Waals surface area contributed by atoms with E-state index >= 15 is 0 Å². The molecule has 0 aliphatic heterocycles. The Kier molecular flexibility index (Phi) is 7.85. The zero-order valence-electron chi connectivity index (χ0n) is 20.9. The highest BCUT2D eigenvalue weighted by Gasteiger charge is 2.28. The van der Waals surface area contributed by atoms with Gasteiger partial charge in [0.2, 0.25) is 15.9 Å². The van der Waals surface area contributed by atoms with Crippen molar-refractivity contribution < 1.29 is 17.6 Å². The van der Waals surface area contributed by atoms with Crippen molar-refractivity contribution in [2.75, 3.05) is 18.4 Å². The lowest BCUT2D eigenvalue weighted by atomic mass is 10.1. The summed E-state index contributed by atoms with van der Waals surface area (Å²) in [5.41, 5.74) is 3.37. The molecule has 0 spiro atoms. The molecule has 0 aliphatic carbocycles. The molecule has 3 aromatic carbocycles. The van der Waals surface area contributed by atoms with E-state index < -0.39 is 28.3 Å². The lowest BCUT2D eigenvalue weighted by Gasteiger charge is -2.23. The summed E-state index contributed by atoms with van der Waals surface area (Å²) in [6.07, 6.45) is 0. The maximum absolute atomic E-state index is 13.4. The molecule has 4 aromatic rings. The molecule has 0 bridgehead atoms. The minimum atomic E-state index is -4.02. The minimum Gasteiger partial charge on any atom is -0.309 e. The summed E-state index contributed by atoms with van der Waals surface area (Å²) in [6, 6.07) is 23.6. The van der Waals surface area contributed by atoms with Crippen LogP contribution in [-0.2, 0) is 14.8 Å². The van der Waals surface area contributed by atoms with Gasteiger partial charge in [-0.3, -0.25) is 4.79 Å². The zero-order chi connectivity index (χ0) is 26.6. The Bertz CT molecular complexity index is 1470. The topological polar surface area (TPSA) is 84.3 Å². The van der Waals surface area contributed by atoms with Crippen LogP contribution in [0.1, 0.15) is 19.4 Å². The SMILES string of the molecule is Cc1ccc(-n2nc(-c3ccccc3)cc2NC(=O)CN(CC(C)C)S(=O)(=O)c2ccc(F)cc2)cc1. The first-order chi connectivity index (χ1) is 17.6. The van der Waals surface area contributed by atoms with E-state index in [2.05, 4.69) is 5.32 Å². The van der Waals surface area contributed by atoms with Gasteiger partial charge in [-0.25, -0.2) is 17.5 Å². The van der Waals surface area contributed by atoms with Crippen LogP contribution < -0.4 is 5.32 Å². The summed E-state index contributed by atoms with van der Waals surface area (Å²) in [4.78, 5) is 13.1. The van der Waals surface area contributed by atoms with E-state index in [1.165, 1.54) is 12.1 Å². The third-order valence-electron chi connectivity index (χ3n) is 5.67. The number of sulfonamides is 1. The van der Waals surface area contributed by atoms with E-state index in [1.807, 2.05) is 75.4 Å². The van der Waals surface area contributed by atoms with Crippen LogP contribution in [0.4, 0.5) is 10.2 Å². The van der Waals surface area contributed by atoms with Crippen molar-refractivity contribution in [1.29, 1.82) is 0 Å². The number of carbonyl (C=O) groups is 1.